The Morgan fingerprint density at radius 2 is 1.90 bits per heavy atom. The number of nitrogens with two attached hydrogens (primary N) is 1. The standard InChI is InChI=1S/C19H21N3O7/c1-5-28-19(25)15-9(2)16(21-10(15)3)17(23)11(4)29-18(24)13-8-12(22(26)27)6-7-14(13)20/h6-8,11,21H,5,20H2,1-4H3/t11-/m0/s1. The lowest BCUT2D eigenvalue weighted by molar-refractivity contribution is -0.384. The van der Waals surface area contributed by atoms with Crippen molar-refractivity contribution in [1.29, 1.82) is 0 Å². The molecule has 0 aliphatic rings. The average molecular weight is 403 g/mol. The number of non-ortho nitro benzene ring substituents is 1. The number of H-pyrrole nitrogens is 1. The first kappa shape index (κ1) is 21.6. The van der Waals surface area contributed by atoms with Gasteiger partial charge in [0.1, 0.15) is 0 Å². The molecule has 2 rings (SSSR count). The monoisotopic (exact) mass is 403 g/mol. The van der Waals surface area contributed by atoms with E-state index in [0.717, 1.165) is 12.1 Å². The zero-order valence-corrected chi connectivity index (χ0v) is 16.4. The van der Waals surface area contributed by atoms with Crippen molar-refractivity contribution in [1.82, 2.24) is 4.98 Å². The maximum Gasteiger partial charge on any atom is 0.341 e. The molecule has 0 aliphatic carbocycles. The van der Waals surface area contributed by atoms with Crippen molar-refractivity contribution in [3.05, 3.63) is 56.4 Å². The maximum atomic E-state index is 12.7. The highest BCUT2D eigenvalue weighted by molar-refractivity contribution is 6.05. The summed E-state index contributed by atoms with van der Waals surface area (Å²) < 4.78 is 10.1. The first-order chi connectivity index (χ1) is 13.6. The minimum Gasteiger partial charge on any atom is -0.462 e. The minimum atomic E-state index is -1.23. The molecule has 0 amide bonds. The Hall–Kier alpha value is -3.69. The van der Waals surface area contributed by atoms with Crippen molar-refractivity contribution in [2.24, 2.45) is 0 Å². The van der Waals surface area contributed by atoms with Gasteiger partial charge in [-0.3, -0.25) is 14.9 Å². The number of Topliss-reactive ketones (excluding diaryl/α,β-unsaturated/α-hetero) is 1. The van der Waals surface area contributed by atoms with Crippen LogP contribution < -0.4 is 5.73 Å². The van der Waals surface area contributed by atoms with Crippen LogP contribution in [0.25, 0.3) is 0 Å². The Morgan fingerprint density at radius 3 is 2.48 bits per heavy atom. The van der Waals surface area contributed by atoms with E-state index in [2.05, 4.69) is 4.98 Å². The minimum absolute atomic E-state index is 0.0169. The normalized spacial score (nSPS) is 11.6. The van der Waals surface area contributed by atoms with E-state index in [1.165, 1.54) is 13.0 Å². The molecule has 0 spiro atoms. The van der Waals surface area contributed by atoms with Crippen molar-refractivity contribution in [3.63, 3.8) is 0 Å². The van der Waals surface area contributed by atoms with Gasteiger partial charge in [-0.2, -0.15) is 0 Å². The number of aryl methyl sites for hydroxylation is 1. The van der Waals surface area contributed by atoms with Crippen LogP contribution in [0.4, 0.5) is 11.4 Å². The molecule has 3 N–H and O–H groups in total. The number of rotatable bonds is 7. The SMILES string of the molecule is CCOC(=O)c1c(C)[nH]c(C(=O)[C@H](C)OC(=O)c2cc([N+](=O)[O-])ccc2N)c1C. The molecule has 1 heterocycles. The predicted molar refractivity (Wildman–Crippen MR) is 103 cm³/mol. The summed E-state index contributed by atoms with van der Waals surface area (Å²) >= 11 is 0. The van der Waals surface area contributed by atoms with Crippen LogP contribution in [-0.2, 0) is 9.47 Å². The molecule has 154 valence electrons. The fraction of sp³-hybridized carbons (Fsp3) is 0.316. The number of carbonyl (C=O) groups is 3. The molecule has 29 heavy (non-hydrogen) atoms. The summed E-state index contributed by atoms with van der Waals surface area (Å²) in [5.41, 5.74) is 6.31. The molecule has 1 atom stereocenters. The highest BCUT2D eigenvalue weighted by atomic mass is 16.6. The molecule has 10 nitrogen and oxygen atoms in total. The van der Waals surface area contributed by atoms with Gasteiger partial charge in [0.25, 0.3) is 5.69 Å². The number of ether oxygens (including phenoxy) is 2. The van der Waals surface area contributed by atoms with E-state index in [9.17, 15) is 24.5 Å². The van der Waals surface area contributed by atoms with Crippen LogP contribution in [0.3, 0.4) is 0 Å². The van der Waals surface area contributed by atoms with Gasteiger partial charge in [-0.25, -0.2) is 9.59 Å². The molecule has 0 bridgehead atoms. The van der Waals surface area contributed by atoms with E-state index < -0.39 is 28.7 Å². The van der Waals surface area contributed by atoms with E-state index in [-0.39, 0.29) is 34.8 Å². The number of nitro groups is 1. The number of nitrogen functional groups attached to an aromatic ring is 1. The molecule has 0 radical (unpaired) electrons. The highest BCUT2D eigenvalue weighted by Crippen LogP contribution is 2.23. The second-order valence-corrected chi connectivity index (χ2v) is 6.29. The van der Waals surface area contributed by atoms with Gasteiger partial charge >= 0.3 is 11.9 Å². The Bertz CT molecular complexity index is 994. The van der Waals surface area contributed by atoms with Crippen LogP contribution >= 0.6 is 0 Å². The van der Waals surface area contributed by atoms with Crippen molar-refractivity contribution in [2.45, 2.75) is 33.8 Å². The fourth-order valence-electron chi connectivity index (χ4n) is 2.82. The Balaban J connectivity index is 2.25. The number of hydrogen-bond donors (Lipinski definition) is 2. The lowest BCUT2D eigenvalue weighted by Crippen LogP contribution is -2.26. The summed E-state index contributed by atoms with van der Waals surface area (Å²) in [6.45, 7) is 6.41. The quantitative estimate of drug-likeness (QED) is 0.235. The molecule has 0 unspecified atom stereocenters. The van der Waals surface area contributed by atoms with Gasteiger partial charge in [0, 0.05) is 23.5 Å². The van der Waals surface area contributed by atoms with Gasteiger partial charge < -0.3 is 20.2 Å². The smallest absolute Gasteiger partial charge is 0.341 e. The number of nitrogens with zero attached hydrogens (tertiary/aromatic N) is 1. The molecule has 1 aromatic heterocycles. The molecule has 2 aromatic rings. The number of carbonyl (C=O) groups excluding carboxylic acids is 3. The maximum absolute atomic E-state index is 12.7. The van der Waals surface area contributed by atoms with Crippen LogP contribution in [0.1, 0.15) is 56.3 Å². The fourth-order valence-corrected chi connectivity index (χ4v) is 2.82. The van der Waals surface area contributed by atoms with Crippen molar-refractivity contribution in [2.75, 3.05) is 12.3 Å². The summed E-state index contributed by atoms with van der Waals surface area (Å²) in [5, 5.41) is 10.9. The van der Waals surface area contributed by atoms with Gasteiger partial charge in [-0.15, -0.1) is 0 Å². The van der Waals surface area contributed by atoms with Crippen molar-refractivity contribution >= 4 is 29.1 Å². The van der Waals surface area contributed by atoms with Gasteiger partial charge in [-0.05, 0) is 39.3 Å². The summed E-state index contributed by atoms with van der Waals surface area (Å²) in [4.78, 5) is 50.2. The van der Waals surface area contributed by atoms with E-state index in [1.54, 1.807) is 20.8 Å². The third-order valence-electron chi connectivity index (χ3n) is 4.28. The van der Waals surface area contributed by atoms with Crippen LogP contribution in [0, 0.1) is 24.0 Å². The number of aromatic amines is 1. The van der Waals surface area contributed by atoms with E-state index in [4.69, 9.17) is 15.2 Å². The molecule has 1 aromatic carbocycles. The van der Waals surface area contributed by atoms with Crippen LogP contribution in [0.5, 0.6) is 0 Å². The number of aromatic nitrogens is 1. The zero-order chi connectivity index (χ0) is 21.9. The number of nitro benzene ring substituents is 1. The second-order valence-electron chi connectivity index (χ2n) is 6.29. The number of ketones is 1. The lowest BCUT2D eigenvalue weighted by Gasteiger charge is -2.13. The molecular formula is C19H21N3O7. The first-order valence-electron chi connectivity index (χ1n) is 8.73. The predicted octanol–water partition coefficient (Wildman–Crippen LogP) is 2.73. The first-order valence-corrected chi connectivity index (χ1v) is 8.73. The van der Waals surface area contributed by atoms with E-state index in [0.29, 0.717) is 11.3 Å². The van der Waals surface area contributed by atoms with Gasteiger partial charge in [0.05, 0.1) is 28.4 Å². The summed E-state index contributed by atoms with van der Waals surface area (Å²) in [6, 6.07) is 3.35. The topological polar surface area (TPSA) is 155 Å². The lowest BCUT2D eigenvalue weighted by atomic mass is 10.1. The molecule has 0 fully saturated rings. The van der Waals surface area contributed by atoms with Crippen LogP contribution in [0.15, 0.2) is 18.2 Å². The molecule has 0 aliphatic heterocycles. The van der Waals surface area contributed by atoms with Gasteiger partial charge in [0.2, 0.25) is 5.78 Å². The number of hydrogen-bond acceptors (Lipinski definition) is 8. The van der Waals surface area contributed by atoms with Crippen LogP contribution in [0.2, 0.25) is 0 Å². The average Bonchev–Trinajstić information content (AvgIpc) is 2.95. The largest absolute Gasteiger partial charge is 0.462 e. The Labute approximate surface area is 166 Å². The summed E-state index contributed by atoms with van der Waals surface area (Å²) in [6.07, 6.45) is -1.23. The molecular weight excluding hydrogens is 382 g/mol. The molecule has 10 heteroatoms. The van der Waals surface area contributed by atoms with Crippen molar-refractivity contribution in [3.8, 4) is 0 Å². The third kappa shape index (κ3) is 4.42. The van der Waals surface area contributed by atoms with E-state index in [1.807, 2.05) is 0 Å². The Morgan fingerprint density at radius 1 is 1.24 bits per heavy atom. The zero-order valence-electron chi connectivity index (χ0n) is 16.4. The van der Waals surface area contributed by atoms with Crippen molar-refractivity contribution < 1.29 is 28.8 Å². The number of benzene rings is 1. The van der Waals surface area contributed by atoms with Gasteiger partial charge in [0.15, 0.2) is 6.10 Å². The number of esters is 2. The Kier molecular flexibility index (Phi) is 6.37. The summed E-state index contributed by atoms with van der Waals surface area (Å²) in [7, 11) is 0. The van der Waals surface area contributed by atoms with Gasteiger partial charge in [-0.1, -0.05) is 0 Å². The van der Waals surface area contributed by atoms with Crippen LogP contribution in [-0.4, -0.2) is 40.3 Å². The number of nitrogens with one attached hydrogen (secondary N) is 1. The summed E-state index contributed by atoms with van der Waals surface area (Å²) in [5.74, 6) is -2.11. The highest BCUT2D eigenvalue weighted by Gasteiger charge is 2.28. The van der Waals surface area contributed by atoms with E-state index >= 15 is 0 Å². The third-order valence-corrected chi connectivity index (χ3v) is 4.28. The molecule has 0 saturated heterocycles. The second kappa shape index (κ2) is 8.55. The number of anilines is 1. The molecule has 0 saturated carbocycles.